The Morgan fingerprint density at radius 3 is 2.67 bits per heavy atom. The average molecular weight is 436 g/mol. The summed E-state index contributed by atoms with van der Waals surface area (Å²) in [5.41, 5.74) is 1.44. The van der Waals surface area contributed by atoms with Crippen LogP contribution in [0.25, 0.3) is 0 Å². The summed E-state index contributed by atoms with van der Waals surface area (Å²) in [6.07, 6.45) is 0.956. The molecule has 1 nitrogen and oxygen atoms in total. The summed E-state index contributed by atoms with van der Waals surface area (Å²) in [6, 6.07) is 10.4. The Hall–Kier alpha value is -0.420. The predicted octanol–water partition coefficient (Wildman–Crippen LogP) is 6.09. The SMILES string of the molecule is CCCNC(c1cc(Br)ccc1F)c1cccc(Br)c1Cl. The lowest BCUT2D eigenvalue weighted by Crippen LogP contribution is -2.24. The van der Waals surface area contributed by atoms with Gasteiger partial charge in [0, 0.05) is 14.5 Å². The molecule has 0 spiro atoms. The van der Waals surface area contributed by atoms with Crippen molar-refractivity contribution in [2.75, 3.05) is 6.54 Å². The first kappa shape index (κ1) is 16.9. The summed E-state index contributed by atoms with van der Waals surface area (Å²) >= 11 is 13.2. The van der Waals surface area contributed by atoms with Gasteiger partial charge in [-0.15, -0.1) is 0 Å². The van der Waals surface area contributed by atoms with E-state index in [-0.39, 0.29) is 11.9 Å². The van der Waals surface area contributed by atoms with E-state index in [4.69, 9.17) is 11.6 Å². The molecule has 0 aliphatic heterocycles. The van der Waals surface area contributed by atoms with E-state index in [1.54, 1.807) is 12.1 Å². The highest BCUT2D eigenvalue weighted by Gasteiger charge is 2.21. The first-order chi connectivity index (χ1) is 10.0. The quantitative estimate of drug-likeness (QED) is 0.599. The highest BCUT2D eigenvalue weighted by atomic mass is 79.9. The summed E-state index contributed by atoms with van der Waals surface area (Å²) in [5, 5.41) is 3.97. The molecule has 112 valence electrons. The molecule has 2 rings (SSSR count). The van der Waals surface area contributed by atoms with Gasteiger partial charge in [0.2, 0.25) is 0 Å². The van der Waals surface area contributed by atoms with E-state index in [0.29, 0.717) is 10.6 Å². The molecule has 0 saturated heterocycles. The lowest BCUT2D eigenvalue weighted by atomic mass is 9.98. The van der Waals surface area contributed by atoms with Gasteiger partial charge >= 0.3 is 0 Å². The minimum atomic E-state index is -0.285. The van der Waals surface area contributed by atoms with Gasteiger partial charge in [-0.2, -0.15) is 0 Å². The van der Waals surface area contributed by atoms with Gasteiger partial charge < -0.3 is 5.32 Å². The maximum atomic E-state index is 14.2. The van der Waals surface area contributed by atoms with E-state index >= 15 is 0 Å². The van der Waals surface area contributed by atoms with Gasteiger partial charge in [-0.3, -0.25) is 0 Å². The topological polar surface area (TPSA) is 12.0 Å². The molecule has 0 saturated carbocycles. The predicted molar refractivity (Wildman–Crippen MR) is 93.4 cm³/mol. The van der Waals surface area contributed by atoms with Crippen LogP contribution in [0.3, 0.4) is 0 Å². The molecule has 1 N–H and O–H groups in total. The highest BCUT2D eigenvalue weighted by Crippen LogP contribution is 2.35. The van der Waals surface area contributed by atoms with Crippen molar-refractivity contribution in [3.8, 4) is 0 Å². The summed E-state index contributed by atoms with van der Waals surface area (Å²) in [4.78, 5) is 0. The Bertz CT molecular complexity index is 632. The number of rotatable bonds is 5. The molecule has 0 amide bonds. The van der Waals surface area contributed by atoms with Crippen LogP contribution in [-0.4, -0.2) is 6.54 Å². The van der Waals surface area contributed by atoms with Crippen molar-refractivity contribution >= 4 is 43.5 Å². The number of benzene rings is 2. The van der Waals surface area contributed by atoms with E-state index in [1.165, 1.54) is 6.07 Å². The zero-order chi connectivity index (χ0) is 15.4. The maximum absolute atomic E-state index is 14.2. The second-order valence-electron chi connectivity index (χ2n) is 4.70. The third kappa shape index (κ3) is 4.07. The van der Waals surface area contributed by atoms with E-state index in [1.807, 2.05) is 18.2 Å². The van der Waals surface area contributed by atoms with Gasteiger partial charge in [-0.05, 0) is 58.7 Å². The van der Waals surface area contributed by atoms with Crippen molar-refractivity contribution in [2.45, 2.75) is 19.4 Å². The monoisotopic (exact) mass is 433 g/mol. The molecule has 0 aliphatic rings. The van der Waals surface area contributed by atoms with Gasteiger partial charge in [0.25, 0.3) is 0 Å². The normalized spacial score (nSPS) is 12.4. The van der Waals surface area contributed by atoms with E-state index in [0.717, 1.165) is 27.5 Å². The zero-order valence-electron chi connectivity index (χ0n) is 11.5. The second kappa shape index (κ2) is 7.73. The largest absolute Gasteiger partial charge is 0.306 e. The van der Waals surface area contributed by atoms with Crippen molar-refractivity contribution < 1.29 is 4.39 Å². The van der Waals surface area contributed by atoms with Crippen LogP contribution in [0, 0.1) is 5.82 Å². The molecule has 0 radical (unpaired) electrons. The third-order valence-corrected chi connectivity index (χ3v) is 4.96. The molecular weight excluding hydrogens is 420 g/mol. The molecule has 1 unspecified atom stereocenters. The smallest absolute Gasteiger partial charge is 0.128 e. The van der Waals surface area contributed by atoms with Crippen LogP contribution < -0.4 is 5.32 Å². The van der Waals surface area contributed by atoms with Crippen molar-refractivity contribution in [3.63, 3.8) is 0 Å². The number of hydrogen-bond acceptors (Lipinski definition) is 1. The Balaban J connectivity index is 2.52. The van der Waals surface area contributed by atoms with Crippen LogP contribution >= 0.6 is 43.5 Å². The molecule has 5 heteroatoms. The van der Waals surface area contributed by atoms with Crippen molar-refractivity contribution in [2.24, 2.45) is 0 Å². The van der Waals surface area contributed by atoms with E-state index in [9.17, 15) is 4.39 Å². The maximum Gasteiger partial charge on any atom is 0.128 e. The number of nitrogens with one attached hydrogen (secondary N) is 1. The molecule has 0 aromatic heterocycles. The fourth-order valence-electron chi connectivity index (χ4n) is 2.16. The summed E-state index contributed by atoms with van der Waals surface area (Å²) in [5.74, 6) is -0.247. The molecule has 21 heavy (non-hydrogen) atoms. The lowest BCUT2D eigenvalue weighted by molar-refractivity contribution is 0.546. The van der Waals surface area contributed by atoms with Crippen LogP contribution in [0.1, 0.15) is 30.5 Å². The van der Waals surface area contributed by atoms with Crippen LogP contribution in [0.5, 0.6) is 0 Å². The fourth-order valence-corrected chi connectivity index (χ4v) is 3.15. The molecule has 2 aromatic rings. The first-order valence-electron chi connectivity index (χ1n) is 6.66. The Labute approximate surface area is 146 Å². The molecule has 1 atom stereocenters. The van der Waals surface area contributed by atoms with Crippen LogP contribution in [0.2, 0.25) is 5.02 Å². The minimum Gasteiger partial charge on any atom is -0.306 e. The van der Waals surface area contributed by atoms with Crippen molar-refractivity contribution in [1.29, 1.82) is 0 Å². The number of halogens is 4. The van der Waals surface area contributed by atoms with Crippen LogP contribution in [-0.2, 0) is 0 Å². The molecule has 0 fully saturated rings. The van der Waals surface area contributed by atoms with E-state index < -0.39 is 0 Å². The first-order valence-corrected chi connectivity index (χ1v) is 8.63. The molecule has 2 aromatic carbocycles. The Morgan fingerprint density at radius 1 is 1.19 bits per heavy atom. The zero-order valence-corrected chi connectivity index (χ0v) is 15.4. The van der Waals surface area contributed by atoms with Crippen LogP contribution in [0.4, 0.5) is 4.39 Å². The molecule has 0 aliphatic carbocycles. The molecule has 0 heterocycles. The van der Waals surface area contributed by atoms with Crippen molar-refractivity contribution in [3.05, 3.63) is 67.3 Å². The standard InChI is InChI=1S/C16H15Br2ClFN/c1-2-8-21-16(11-4-3-5-13(18)15(11)19)12-9-10(17)6-7-14(12)20/h3-7,9,16,21H,2,8H2,1H3. The third-order valence-electron chi connectivity index (χ3n) is 3.16. The van der Waals surface area contributed by atoms with Gasteiger partial charge in [-0.25, -0.2) is 4.39 Å². The average Bonchev–Trinajstić information content (AvgIpc) is 2.47. The van der Waals surface area contributed by atoms with Gasteiger partial charge in [0.05, 0.1) is 11.1 Å². The fraction of sp³-hybridized carbons (Fsp3) is 0.250. The molecule has 0 bridgehead atoms. The van der Waals surface area contributed by atoms with Gasteiger partial charge in [0.1, 0.15) is 5.82 Å². The van der Waals surface area contributed by atoms with Crippen molar-refractivity contribution in [1.82, 2.24) is 5.32 Å². The highest BCUT2D eigenvalue weighted by molar-refractivity contribution is 9.10. The Morgan fingerprint density at radius 2 is 1.95 bits per heavy atom. The Kier molecular flexibility index (Phi) is 6.23. The van der Waals surface area contributed by atoms with Gasteiger partial charge in [-0.1, -0.05) is 46.6 Å². The summed E-state index contributed by atoms with van der Waals surface area (Å²) in [7, 11) is 0. The summed E-state index contributed by atoms with van der Waals surface area (Å²) < 4.78 is 15.9. The lowest BCUT2D eigenvalue weighted by Gasteiger charge is -2.22. The van der Waals surface area contributed by atoms with Gasteiger partial charge in [0.15, 0.2) is 0 Å². The minimum absolute atomic E-state index is 0.247. The van der Waals surface area contributed by atoms with E-state index in [2.05, 4.69) is 44.1 Å². The molecular formula is C16H15Br2ClFN. The summed E-state index contributed by atoms with van der Waals surface area (Å²) in [6.45, 7) is 2.85. The van der Waals surface area contributed by atoms with Crippen LogP contribution in [0.15, 0.2) is 45.3 Å². The number of hydrogen-bond donors (Lipinski definition) is 1. The second-order valence-corrected chi connectivity index (χ2v) is 6.84.